The molecule has 2 aromatic rings. The van der Waals surface area contributed by atoms with Crippen LogP contribution in [0.1, 0.15) is 5.56 Å². The smallest absolute Gasteiger partial charge is 0.197 e. The zero-order valence-corrected chi connectivity index (χ0v) is 10.0. The van der Waals surface area contributed by atoms with E-state index in [4.69, 9.17) is 0 Å². The topological polar surface area (TPSA) is 54.2 Å². The van der Waals surface area contributed by atoms with Crippen LogP contribution in [0.25, 0.3) is 0 Å². The fourth-order valence-corrected chi connectivity index (χ4v) is 1.92. The Morgan fingerprint density at radius 3 is 2.89 bits per heavy atom. The van der Waals surface area contributed by atoms with Gasteiger partial charge in [-0.1, -0.05) is 30.3 Å². The third-order valence-corrected chi connectivity index (χ3v) is 2.81. The van der Waals surface area contributed by atoms with Gasteiger partial charge in [-0.25, -0.2) is 4.68 Å². The van der Waals surface area contributed by atoms with Gasteiger partial charge in [-0.3, -0.25) is 4.99 Å². The van der Waals surface area contributed by atoms with E-state index in [-0.39, 0.29) is 0 Å². The summed E-state index contributed by atoms with van der Waals surface area (Å²) in [5, 5.41) is 10.8. The van der Waals surface area contributed by atoms with Crippen LogP contribution in [-0.4, -0.2) is 28.8 Å². The SMILES string of the molecule is c1ccc(Cn2nccc2NC2=NCCN2)cc1. The Labute approximate surface area is 106 Å². The van der Waals surface area contributed by atoms with Crippen molar-refractivity contribution >= 4 is 11.8 Å². The van der Waals surface area contributed by atoms with E-state index in [1.165, 1.54) is 5.56 Å². The second-order valence-corrected chi connectivity index (χ2v) is 4.14. The van der Waals surface area contributed by atoms with E-state index in [1.807, 2.05) is 28.9 Å². The van der Waals surface area contributed by atoms with Crippen LogP contribution in [0.4, 0.5) is 5.82 Å². The molecule has 0 unspecified atom stereocenters. The number of hydrogen-bond acceptors (Lipinski definition) is 4. The van der Waals surface area contributed by atoms with Crippen LogP contribution in [0.15, 0.2) is 47.6 Å². The van der Waals surface area contributed by atoms with Crippen LogP contribution < -0.4 is 10.6 Å². The van der Waals surface area contributed by atoms with Gasteiger partial charge >= 0.3 is 0 Å². The van der Waals surface area contributed by atoms with Crippen LogP contribution in [0.3, 0.4) is 0 Å². The summed E-state index contributed by atoms with van der Waals surface area (Å²) in [5.74, 6) is 1.77. The fraction of sp³-hybridized carbons (Fsp3) is 0.231. The normalized spacial score (nSPS) is 14.1. The molecule has 5 nitrogen and oxygen atoms in total. The molecule has 1 aliphatic heterocycles. The first-order valence-corrected chi connectivity index (χ1v) is 6.03. The Bertz CT molecular complexity index is 544. The number of nitrogens with zero attached hydrogens (tertiary/aromatic N) is 3. The molecular formula is C13H15N5. The molecule has 92 valence electrons. The number of benzene rings is 1. The third-order valence-electron chi connectivity index (χ3n) is 2.81. The number of anilines is 1. The summed E-state index contributed by atoms with van der Waals surface area (Å²) in [7, 11) is 0. The van der Waals surface area contributed by atoms with E-state index < -0.39 is 0 Å². The Morgan fingerprint density at radius 2 is 2.11 bits per heavy atom. The molecule has 0 spiro atoms. The molecule has 18 heavy (non-hydrogen) atoms. The summed E-state index contributed by atoms with van der Waals surface area (Å²) in [6.07, 6.45) is 1.79. The van der Waals surface area contributed by atoms with Crippen molar-refractivity contribution in [2.24, 2.45) is 4.99 Å². The predicted octanol–water partition coefficient (Wildman–Crippen LogP) is 1.30. The van der Waals surface area contributed by atoms with Crippen molar-refractivity contribution in [2.75, 3.05) is 18.4 Å². The first-order valence-electron chi connectivity index (χ1n) is 6.03. The minimum atomic E-state index is 0.753. The van der Waals surface area contributed by atoms with Crippen molar-refractivity contribution in [3.8, 4) is 0 Å². The zero-order valence-electron chi connectivity index (χ0n) is 10.0. The minimum Gasteiger partial charge on any atom is -0.354 e. The lowest BCUT2D eigenvalue weighted by molar-refractivity contribution is 0.696. The number of hydrogen-bond donors (Lipinski definition) is 2. The first-order chi connectivity index (χ1) is 8.92. The molecule has 0 radical (unpaired) electrons. The largest absolute Gasteiger partial charge is 0.354 e. The predicted molar refractivity (Wildman–Crippen MR) is 71.7 cm³/mol. The van der Waals surface area contributed by atoms with Crippen molar-refractivity contribution in [3.63, 3.8) is 0 Å². The molecule has 2 N–H and O–H groups in total. The highest BCUT2D eigenvalue weighted by molar-refractivity contribution is 5.93. The Kier molecular flexibility index (Phi) is 2.96. The molecule has 5 heteroatoms. The lowest BCUT2D eigenvalue weighted by atomic mass is 10.2. The van der Waals surface area contributed by atoms with Crippen LogP contribution in [0.5, 0.6) is 0 Å². The molecule has 0 saturated carbocycles. The average Bonchev–Trinajstić information content (AvgIpc) is 3.04. The van der Waals surface area contributed by atoms with Gasteiger partial charge in [-0.2, -0.15) is 5.10 Å². The summed E-state index contributed by atoms with van der Waals surface area (Å²) in [5.41, 5.74) is 1.23. The molecule has 3 rings (SSSR count). The number of nitrogens with one attached hydrogen (secondary N) is 2. The van der Waals surface area contributed by atoms with Gasteiger partial charge in [-0.05, 0) is 5.56 Å². The Morgan fingerprint density at radius 1 is 1.22 bits per heavy atom. The van der Waals surface area contributed by atoms with Crippen LogP contribution in [0.2, 0.25) is 0 Å². The molecular weight excluding hydrogens is 226 g/mol. The van der Waals surface area contributed by atoms with E-state index in [2.05, 4.69) is 32.9 Å². The lowest BCUT2D eigenvalue weighted by Crippen LogP contribution is -2.27. The highest BCUT2D eigenvalue weighted by Crippen LogP contribution is 2.10. The van der Waals surface area contributed by atoms with E-state index in [0.29, 0.717) is 0 Å². The Hall–Kier alpha value is -2.30. The number of aromatic nitrogens is 2. The maximum Gasteiger partial charge on any atom is 0.197 e. The van der Waals surface area contributed by atoms with Crippen LogP contribution in [0, 0.1) is 0 Å². The average molecular weight is 241 g/mol. The minimum absolute atomic E-state index is 0.753. The Balaban J connectivity index is 1.75. The molecule has 1 aromatic carbocycles. The van der Waals surface area contributed by atoms with E-state index in [0.717, 1.165) is 31.4 Å². The first kappa shape index (κ1) is 10.8. The van der Waals surface area contributed by atoms with Crippen LogP contribution >= 0.6 is 0 Å². The summed E-state index contributed by atoms with van der Waals surface area (Å²) in [6.45, 7) is 2.48. The maximum atomic E-state index is 4.32. The van der Waals surface area contributed by atoms with Crippen molar-refractivity contribution in [1.82, 2.24) is 15.1 Å². The van der Waals surface area contributed by atoms with E-state index >= 15 is 0 Å². The van der Waals surface area contributed by atoms with Gasteiger partial charge in [0, 0.05) is 12.6 Å². The van der Waals surface area contributed by atoms with E-state index in [9.17, 15) is 0 Å². The molecule has 1 aromatic heterocycles. The summed E-state index contributed by atoms with van der Waals surface area (Å²) >= 11 is 0. The third kappa shape index (κ3) is 2.34. The number of rotatable bonds is 3. The summed E-state index contributed by atoms with van der Waals surface area (Å²) < 4.78 is 1.93. The van der Waals surface area contributed by atoms with Gasteiger partial charge in [0.05, 0.1) is 19.3 Å². The molecule has 2 heterocycles. The van der Waals surface area contributed by atoms with Crippen molar-refractivity contribution in [1.29, 1.82) is 0 Å². The van der Waals surface area contributed by atoms with E-state index in [1.54, 1.807) is 6.20 Å². The molecule has 1 aliphatic rings. The zero-order chi connectivity index (χ0) is 12.2. The van der Waals surface area contributed by atoms with Gasteiger partial charge in [0.15, 0.2) is 5.96 Å². The highest BCUT2D eigenvalue weighted by atomic mass is 15.4. The second kappa shape index (κ2) is 4.91. The molecule has 0 fully saturated rings. The number of aliphatic imine (C=N–C) groups is 1. The molecule has 0 amide bonds. The van der Waals surface area contributed by atoms with Gasteiger partial charge in [0.25, 0.3) is 0 Å². The maximum absolute atomic E-state index is 4.32. The van der Waals surface area contributed by atoms with Gasteiger partial charge in [0.2, 0.25) is 0 Å². The van der Waals surface area contributed by atoms with Gasteiger partial charge in [0.1, 0.15) is 5.82 Å². The fourth-order valence-electron chi connectivity index (χ4n) is 1.92. The standard InChI is InChI=1S/C13H15N5/c1-2-4-11(5-3-1)10-18-12(6-7-16-18)17-13-14-8-9-15-13/h1-7H,8-10H2,(H2,14,15,17). The molecule has 0 bridgehead atoms. The van der Waals surface area contributed by atoms with Gasteiger partial charge in [-0.15, -0.1) is 0 Å². The van der Waals surface area contributed by atoms with Crippen molar-refractivity contribution in [2.45, 2.75) is 6.54 Å². The number of guanidine groups is 1. The monoisotopic (exact) mass is 241 g/mol. The van der Waals surface area contributed by atoms with Crippen molar-refractivity contribution in [3.05, 3.63) is 48.2 Å². The molecule has 0 aliphatic carbocycles. The molecule has 0 atom stereocenters. The van der Waals surface area contributed by atoms with Gasteiger partial charge < -0.3 is 10.6 Å². The molecule has 0 saturated heterocycles. The van der Waals surface area contributed by atoms with Crippen molar-refractivity contribution < 1.29 is 0 Å². The lowest BCUT2D eigenvalue weighted by Gasteiger charge is -2.09. The summed E-state index contributed by atoms with van der Waals surface area (Å²) in [6, 6.07) is 12.2. The summed E-state index contributed by atoms with van der Waals surface area (Å²) in [4.78, 5) is 4.31. The quantitative estimate of drug-likeness (QED) is 0.851. The highest BCUT2D eigenvalue weighted by Gasteiger charge is 2.08. The van der Waals surface area contributed by atoms with Crippen LogP contribution in [-0.2, 0) is 6.54 Å². The second-order valence-electron chi connectivity index (χ2n) is 4.14.